The van der Waals surface area contributed by atoms with E-state index in [1.807, 2.05) is 31.2 Å². The molecule has 0 amide bonds. The van der Waals surface area contributed by atoms with Crippen molar-refractivity contribution in [3.8, 4) is 0 Å². The molecule has 21 heavy (non-hydrogen) atoms. The normalized spacial score (nSPS) is 11.3. The third-order valence-corrected chi connectivity index (χ3v) is 5.07. The van der Waals surface area contributed by atoms with Crippen LogP contribution in [0.5, 0.6) is 0 Å². The summed E-state index contributed by atoms with van der Waals surface area (Å²) in [5.41, 5.74) is 8.44. The average Bonchev–Trinajstić information content (AvgIpc) is 2.48. The predicted octanol–water partition coefficient (Wildman–Crippen LogP) is 3.07. The van der Waals surface area contributed by atoms with Crippen LogP contribution in [0, 0.1) is 0 Å². The zero-order valence-corrected chi connectivity index (χ0v) is 12.9. The molecule has 112 valence electrons. The summed E-state index contributed by atoms with van der Waals surface area (Å²) in [5.74, 6) is 0.179. The van der Waals surface area contributed by atoms with E-state index in [2.05, 4.69) is 5.32 Å². The second-order valence-electron chi connectivity index (χ2n) is 4.87. The van der Waals surface area contributed by atoms with Crippen molar-refractivity contribution in [2.45, 2.75) is 24.8 Å². The monoisotopic (exact) mass is 304 g/mol. The molecule has 3 N–H and O–H groups in total. The number of nitrogens with one attached hydrogen (secondary N) is 1. The van der Waals surface area contributed by atoms with Gasteiger partial charge in [-0.1, -0.05) is 19.1 Å². The predicted molar refractivity (Wildman–Crippen MR) is 86.4 cm³/mol. The maximum Gasteiger partial charge on any atom is 0.178 e. The van der Waals surface area contributed by atoms with Crippen LogP contribution in [0.15, 0.2) is 53.4 Å². The number of rotatable bonds is 6. The van der Waals surface area contributed by atoms with Crippen molar-refractivity contribution in [3.05, 3.63) is 54.1 Å². The van der Waals surface area contributed by atoms with Crippen LogP contribution < -0.4 is 11.1 Å². The molecular formula is C16H20N2O2S. The van der Waals surface area contributed by atoms with Crippen molar-refractivity contribution in [1.29, 1.82) is 0 Å². The van der Waals surface area contributed by atoms with E-state index in [0.29, 0.717) is 17.9 Å². The summed E-state index contributed by atoms with van der Waals surface area (Å²) >= 11 is 0. The summed E-state index contributed by atoms with van der Waals surface area (Å²) in [4.78, 5) is 0.366. The second-order valence-corrected chi connectivity index (χ2v) is 6.98. The molecular weight excluding hydrogens is 284 g/mol. The molecule has 0 bridgehead atoms. The number of benzene rings is 2. The van der Waals surface area contributed by atoms with Crippen molar-refractivity contribution < 1.29 is 8.42 Å². The smallest absolute Gasteiger partial charge is 0.178 e. The molecule has 0 saturated heterocycles. The zero-order valence-electron chi connectivity index (χ0n) is 12.0. The Morgan fingerprint density at radius 1 is 1.05 bits per heavy atom. The molecule has 0 aliphatic heterocycles. The summed E-state index contributed by atoms with van der Waals surface area (Å²) in [6.07, 6.45) is 0.619. The lowest BCUT2D eigenvalue weighted by molar-refractivity contribution is 0.595. The fourth-order valence-electron chi connectivity index (χ4n) is 2.07. The highest BCUT2D eigenvalue weighted by atomic mass is 32.2. The largest absolute Gasteiger partial charge is 0.356 e. The fraction of sp³-hybridized carbons (Fsp3) is 0.250. The molecule has 2 aromatic rings. The number of anilines is 2. The summed E-state index contributed by atoms with van der Waals surface area (Å²) in [5, 5.41) is 3.24. The van der Waals surface area contributed by atoms with E-state index in [0.717, 1.165) is 16.9 Å². The Kier molecular flexibility index (Phi) is 4.98. The fourth-order valence-corrected chi connectivity index (χ4v) is 3.40. The first-order valence-electron chi connectivity index (χ1n) is 6.94. The van der Waals surface area contributed by atoms with Crippen molar-refractivity contribution in [1.82, 2.24) is 0 Å². The number of hydrogen-bond acceptors (Lipinski definition) is 4. The Hall–Kier alpha value is -1.85. The minimum Gasteiger partial charge on any atom is -0.356 e. The lowest BCUT2D eigenvalue weighted by atomic mass is 10.2. The first kappa shape index (κ1) is 15.5. The number of sulfone groups is 1. The van der Waals surface area contributed by atoms with Gasteiger partial charge < -0.3 is 11.1 Å². The van der Waals surface area contributed by atoms with E-state index in [1.54, 1.807) is 24.3 Å². The quantitative estimate of drug-likeness (QED) is 0.860. The van der Waals surface area contributed by atoms with Crippen molar-refractivity contribution in [2.75, 3.05) is 11.1 Å². The third kappa shape index (κ3) is 4.06. The van der Waals surface area contributed by atoms with Gasteiger partial charge in [0, 0.05) is 17.9 Å². The van der Waals surface area contributed by atoms with E-state index < -0.39 is 9.84 Å². The SMILES string of the molecule is CCCS(=O)(=O)c1ccc(Nc2cccc(CN)c2)cc1. The lowest BCUT2D eigenvalue weighted by Gasteiger charge is -2.09. The molecule has 0 radical (unpaired) electrons. The van der Waals surface area contributed by atoms with Crippen LogP contribution in [-0.4, -0.2) is 14.2 Å². The lowest BCUT2D eigenvalue weighted by Crippen LogP contribution is -2.05. The van der Waals surface area contributed by atoms with Gasteiger partial charge in [-0.25, -0.2) is 8.42 Å². The van der Waals surface area contributed by atoms with E-state index in [9.17, 15) is 8.42 Å². The highest BCUT2D eigenvalue weighted by Gasteiger charge is 2.12. The molecule has 0 aliphatic rings. The molecule has 0 fully saturated rings. The van der Waals surface area contributed by atoms with E-state index in [-0.39, 0.29) is 5.75 Å². The van der Waals surface area contributed by atoms with Crippen molar-refractivity contribution in [2.24, 2.45) is 5.73 Å². The molecule has 0 saturated carbocycles. The van der Waals surface area contributed by atoms with Crippen LogP contribution in [0.1, 0.15) is 18.9 Å². The molecule has 0 atom stereocenters. The van der Waals surface area contributed by atoms with Crippen LogP contribution in [0.3, 0.4) is 0 Å². The first-order valence-corrected chi connectivity index (χ1v) is 8.59. The molecule has 2 aromatic carbocycles. The summed E-state index contributed by atoms with van der Waals surface area (Å²) in [6, 6.07) is 14.6. The van der Waals surface area contributed by atoms with Crippen LogP contribution in [-0.2, 0) is 16.4 Å². The molecule has 0 unspecified atom stereocenters. The third-order valence-electron chi connectivity index (χ3n) is 3.14. The van der Waals surface area contributed by atoms with E-state index in [4.69, 9.17) is 5.73 Å². The minimum atomic E-state index is -3.15. The van der Waals surface area contributed by atoms with Gasteiger partial charge in [0.15, 0.2) is 9.84 Å². The standard InChI is InChI=1S/C16H20N2O2S/c1-2-10-21(19,20)16-8-6-14(7-9-16)18-15-5-3-4-13(11-15)12-17/h3-9,11,18H,2,10,12,17H2,1H3. The van der Waals surface area contributed by atoms with E-state index >= 15 is 0 Å². The van der Waals surface area contributed by atoms with Crippen LogP contribution >= 0.6 is 0 Å². The Bertz CT molecular complexity index is 694. The maximum absolute atomic E-state index is 12.0. The molecule has 0 aromatic heterocycles. The molecule has 0 heterocycles. The molecule has 5 heteroatoms. The zero-order chi connectivity index (χ0) is 15.3. The van der Waals surface area contributed by atoms with Gasteiger partial charge in [-0.15, -0.1) is 0 Å². The van der Waals surface area contributed by atoms with E-state index in [1.165, 1.54) is 0 Å². The highest BCUT2D eigenvalue weighted by molar-refractivity contribution is 7.91. The first-order chi connectivity index (χ1) is 10.0. The van der Waals surface area contributed by atoms with Gasteiger partial charge in [-0.2, -0.15) is 0 Å². The van der Waals surface area contributed by atoms with Gasteiger partial charge in [0.25, 0.3) is 0 Å². The maximum atomic E-state index is 12.0. The Morgan fingerprint density at radius 3 is 2.38 bits per heavy atom. The average molecular weight is 304 g/mol. The Labute approximate surface area is 125 Å². The minimum absolute atomic E-state index is 0.179. The Morgan fingerprint density at radius 2 is 1.76 bits per heavy atom. The van der Waals surface area contributed by atoms with Gasteiger partial charge in [0.2, 0.25) is 0 Å². The Balaban J connectivity index is 2.16. The highest BCUT2D eigenvalue weighted by Crippen LogP contribution is 2.20. The van der Waals surface area contributed by atoms with Gasteiger partial charge >= 0.3 is 0 Å². The molecule has 2 rings (SSSR count). The summed E-state index contributed by atoms with van der Waals surface area (Å²) in [6.45, 7) is 2.35. The second kappa shape index (κ2) is 6.74. The van der Waals surface area contributed by atoms with Crippen LogP contribution in [0.25, 0.3) is 0 Å². The van der Waals surface area contributed by atoms with Gasteiger partial charge in [0.1, 0.15) is 0 Å². The van der Waals surface area contributed by atoms with Gasteiger partial charge in [-0.05, 0) is 48.4 Å². The summed E-state index contributed by atoms with van der Waals surface area (Å²) in [7, 11) is -3.15. The van der Waals surface area contributed by atoms with Gasteiger partial charge in [-0.3, -0.25) is 0 Å². The topological polar surface area (TPSA) is 72.2 Å². The van der Waals surface area contributed by atoms with Gasteiger partial charge in [0.05, 0.1) is 10.6 Å². The summed E-state index contributed by atoms with van der Waals surface area (Å²) < 4.78 is 23.9. The number of nitrogens with two attached hydrogens (primary N) is 1. The molecule has 0 aliphatic carbocycles. The molecule has 4 nitrogen and oxygen atoms in total. The van der Waals surface area contributed by atoms with Crippen LogP contribution in [0.4, 0.5) is 11.4 Å². The van der Waals surface area contributed by atoms with Crippen molar-refractivity contribution in [3.63, 3.8) is 0 Å². The number of hydrogen-bond donors (Lipinski definition) is 2. The molecule has 0 spiro atoms. The van der Waals surface area contributed by atoms with Crippen LogP contribution in [0.2, 0.25) is 0 Å². The van der Waals surface area contributed by atoms with Crippen molar-refractivity contribution >= 4 is 21.2 Å².